The smallest absolute Gasteiger partial charge is 0.110 e. The highest BCUT2D eigenvalue weighted by Crippen LogP contribution is 2.03. The van der Waals surface area contributed by atoms with Crippen molar-refractivity contribution in [3.8, 4) is 0 Å². The standard InChI is InChI=1S/C7H16OS/c1-4-5-6-9(8)7(2)3/h7H,4-6H2,1-3H3. The quantitative estimate of drug-likeness (QED) is 0.559. The first kappa shape index (κ1) is 9.31. The van der Waals surface area contributed by atoms with Gasteiger partial charge in [-0.1, -0.05) is 24.5 Å². The van der Waals surface area contributed by atoms with Crippen molar-refractivity contribution in [2.75, 3.05) is 5.75 Å². The van der Waals surface area contributed by atoms with Crippen molar-refractivity contribution in [2.45, 2.75) is 38.9 Å². The lowest BCUT2D eigenvalue weighted by atomic mass is 10.4. The van der Waals surface area contributed by atoms with E-state index in [1.807, 2.05) is 13.8 Å². The average Bonchev–Trinajstić information content (AvgIpc) is 1.82. The first-order valence-corrected chi connectivity index (χ1v) is 4.93. The fourth-order valence-corrected chi connectivity index (χ4v) is 1.57. The fraction of sp³-hybridized carbons (Fsp3) is 1.00. The molecule has 0 saturated carbocycles. The molecule has 0 aromatic rings. The summed E-state index contributed by atoms with van der Waals surface area (Å²) in [6, 6.07) is 0. The fourth-order valence-electron chi connectivity index (χ4n) is 0.522. The summed E-state index contributed by atoms with van der Waals surface area (Å²) in [5.74, 6) is 0.883. The van der Waals surface area contributed by atoms with Crippen LogP contribution in [0.1, 0.15) is 33.6 Å². The molecule has 1 unspecified atom stereocenters. The highest BCUT2D eigenvalue weighted by Gasteiger charge is 2.08. The van der Waals surface area contributed by atoms with Gasteiger partial charge in [-0.25, -0.2) is 0 Å². The topological polar surface area (TPSA) is 23.1 Å². The van der Waals surface area contributed by atoms with Crippen LogP contribution in [0.5, 0.6) is 0 Å². The van der Waals surface area contributed by atoms with Gasteiger partial charge in [0, 0.05) is 0 Å². The first-order chi connectivity index (χ1) is 4.18. The summed E-state index contributed by atoms with van der Waals surface area (Å²) in [6.07, 6.45) is 2.25. The minimum absolute atomic E-state index is 0.344. The number of hydrogen-bond acceptors (Lipinski definition) is 1. The van der Waals surface area contributed by atoms with Gasteiger partial charge in [0.2, 0.25) is 0 Å². The lowest BCUT2D eigenvalue weighted by molar-refractivity contribution is 0.583. The number of hydrogen-bond donors (Lipinski definition) is 0. The van der Waals surface area contributed by atoms with Crippen LogP contribution in [0, 0.1) is 0 Å². The van der Waals surface area contributed by atoms with Crippen LogP contribution in [-0.4, -0.2) is 15.6 Å². The van der Waals surface area contributed by atoms with Crippen LogP contribution in [-0.2, 0) is 11.2 Å². The highest BCUT2D eigenvalue weighted by molar-refractivity contribution is 7.91. The number of unbranched alkanes of at least 4 members (excludes halogenated alkanes) is 1. The van der Waals surface area contributed by atoms with Crippen molar-refractivity contribution in [3.63, 3.8) is 0 Å². The molecule has 1 atom stereocenters. The molecule has 56 valence electrons. The molecule has 0 aromatic carbocycles. The Morgan fingerprint density at radius 1 is 1.44 bits per heavy atom. The molecule has 0 aromatic heterocycles. The maximum Gasteiger partial charge on any atom is 0.110 e. The highest BCUT2D eigenvalue weighted by atomic mass is 32.2. The molecule has 0 fully saturated rings. The molecule has 0 rings (SSSR count). The molecule has 0 aliphatic heterocycles. The second-order valence-electron chi connectivity index (χ2n) is 2.49. The molecule has 0 bridgehead atoms. The Labute approximate surface area is 61.0 Å². The van der Waals surface area contributed by atoms with Crippen LogP contribution in [0.2, 0.25) is 0 Å². The summed E-state index contributed by atoms with van der Waals surface area (Å²) < 4.78 is 11.0. The summed E-state index contributed by atoms with van der Waals surface area (Å²) in [6.45, 7) is 6.13. The summed E-state index contributed by atoms with van der Waals surface area (Å²) in [5.41, 5.74) is 0. The van der Waals surface area contributed by atoms with Crippen LogP contribution in [0.25, 0.3) is 0 Å². The van der Waals surface area contributed by atoms with E-state index in [4.69, 9.17) is 0 Å². The molecule has 9 heavy (non-hydrogen) atoms. The van der Waals surface area contributed by atoms with E-state index in [1.165, 1.54) is 0 Å². The predicted molar refractivity (Wildman–Crippen MR) is 43.1 cm³/mol. The molecule has 0 saturated heterocycles. The van der Waals surface area contributed by atoms with Crippen LogP contribution in [0.15, 0.2) is 0 Å². The molecular weight excluding hydrogens is 132 g/mol. The Balaban J connectivity index is 3.16. The van der Waals surface area contributed by atoms with Crippen molar-refractivity contribution < 1.29 is 4.55 Å². The van der Waals surface area contributed by atoms with Crippen LogP contribution >= 0.6 is 0 Å². The van der Waals surface area contributed by atoms with Gasteiger partial charge in [0.05, 0.1) is 0 Å². The molecular formula is C7H16OS. The van der Waals surface area contributed by atoms with E-state index >= 15 is 0 Å². The van der Waals surface area contributed by atoms with Gasteiger partial charge in [-0.3, -0.25) is 0 Å². The molecule has 0 aliphatic rings. The summed E-state index contributed by atoms with van der Waals surface area (Å²) >= 11 is -0.572. The zero-order chi connectivity index (χ0) is 7.28. The third kappa shape index (κ3) is 4.79. The van der Waals surface area contributed by atoms with Gasteiger partial charge in [0.25, 0.3) is 0 Å². The Morgan fingerprint density at radius 3 is 2.33 bits per heavy atom. The lowest BCUT2D eigenvalue weighted by Crippen LogP contribution is -2.17. The SMILES string of the molecule is CCCC[S+]([O-])C(C)C. The third-order valence-corrected chi connectivity index (χ3v) is 2.97. The maximum atomic E-state index is 11.0. The largest absolute Gasteiger partial charge is 0.616 e. The second-order valence-corrected chi connectivity index (χ2v) is 4.60. The Bertz CT molecular complexity index is 63.9. The van der Waals surface area contributed by atoms with Crippen molar-refractivity contribution in [1.29, 1.82) is 0 Å². The van der Waals surface area contributed by atoms with Gasteiger partial charge in [-0.2, -0.15) is 0 Å². The van der Waals surface area contributed by atoms with Gasteiger partial charge in [0.1, 0.15) is 11.0 Å². The van der Waals surface area contributed by atoms with Gasteiger partial charge < -0.3 is 4.55 Å². The van der Waals surface area contributed by atoms with Gasteiger partial charge in [-0.05, 0) is 20.3 Å². The van der Waals surface area contributed by atoms with Crippen molar-refractivity contribution in [3.05, 3.63) is 0 Å². The molecule has 0 amide bonds. The zero-order valence-corrected chi connectivity index (χ0v) is 7.33. The number of rotatable bonds is 4. The summed E-state index contributed by atoms with van der Waals surface area (Å²) in [4.78, 5) is 0. The van der Waals surface area contributed by atoms with E-state index < -0.39 is 11.2 Å². The van der Waals surface area contributed by atoms with Gasteiger partial charge in [0.15, 0.2) is 0 Å². The molecule has 0 spiro atoms. The molecule has 0 N–H and O–H groups in total. The summed E-state index contributed by atoms with van der Waals surface area (Å²) in [5, 5.41) is 0.344. The normalized spacial score (nSPS) is 14.3. The van der Waals surface area contributed by atoms with Crippen LogP contribution in [0.3, 0.4) is 0 Å². The first-order valence-electron chi connectivity index (χ1n) is 3.55. The van der Waals surface area contributed by atoms with E-state index in [9.17, 15) is 4.55 Å². The molecule has 2 heteroatoms. The van der Waals surface area contributed by atoms with Gasteiger partial charge >= 0.3 is 0 Å². The van der Waals surface area contributed by atoms with Gasteiger partial charge in [-0.15, -0.1) is 0 Å². The van der Waals surface area contributed by atoms with Crippen LogP contribution in [0.4, 0.5) is 0 Å². The van der Waals surface area contributed by atoms with Crippen molar-refractivity contribution in [2.24, 2.45) is 0 Å². The van der Waals surface area contributed by atoms with E-state index in [2.05, 4.69) is 6.92 Å². The van der Waals surface area contributed by atoms with E-state index in [0.29, 0.717) is 5.25 Å². The monoisotopic (exact) mass is 148 g/mol. The summed E-state index contributed by atoms with van der Waals surface area (Å²) in [7, 11) is 0. The molecule has 0 heterocycles. The van der Waals surface area contributed by atoms with Crippen LogP contribution < -0.4 is 0 Å². The predicted octanol–water partition coefficient (Wildman–Crippen LogP) is 1.94. The van der Waals surface area contributed by atoms with E-state index in [-0.39, 0.29) is 0 Å². The lowest BCUT2D eigenvalue weighted by Gasteiger charge is -2.13. The van der Waals surface area contributed by atoms with E-state index in [0.717, 1.165) is 18.6 Å². The van der Waals surface area contributed by atoms with Crippen molar-refractivity contribution in [1.82, 2.24) is 0 Å². The molecule has 0 aliphatic carbocycles. The molecule has 0 radical (unpaired) electrons. The Kier molecular flexibility index (Phi) is 5.30. The van der Waals surface area contributed by atoms with Crippen molar-refractivity contribution >= 4 is 11.2 Å². The zero-order valence-electron chi connectivity index (χ0n) is 6.52. The van der Waals surface area contributed by atoms with E-state index in [1.54, 1.807) is 0 Å². The minimum Gasteiger partial charge on any atom is -0.616 e. The average molecular weight is 148 g/mol. The second kappa shape index (κ2) is 5.12. The minimum atomic E-state index is -0.572. The molecule has 1 nitrogen and oxygen atoms in total. The maximum absolute atomic E-state index is 11.0. The Morgan fingerprint density at radius 2 is 2.00 bits per heavy atom. The third-order valence-electron chi connectivity index (χ3n) is 1.22. The Hall–Kier alpha value is 0.310.